The van der Waals surface area contributed by atoms with E-state index in [1.807, 2.05) is 0 Å². The highest BCUT2D eigenvalue weighted by Gasteiger charge is 2.27. The predicted molar refractivity (Wildman–Crippen MR) is 49.6 cm³/mol. The Bertz CT molecular complexity index is 324. The maximum absolute atomic E-state index is 11.2. The number of imide groups is 1. The number of rotatable bonds is 3. The number of hydrogen-bond donors (Lipinski definition) is 2. The van der Waals surface area contributed by atoms with Crippen molar-refractivity contribution in [3.63, 3.8) is 0 Å². The maximum Gasteiger partial charge on any atom is 0.249 e. The van der Waals surface area contributed by atoms with E-state index < -0.39 is 17.9 Å². The molecule has 1 rings (SSSR count). The van der Waals surface area contributed by atoms with Crippen molar-refractivity contribution in [2.24, 2.45) is 0 Å². The van der Waals surface area contributed by atoms with Crippen LogP contribution in [0.3, 0.4) is 0 Å². The number of nitrogens with one attached hydrogen (secondary N) is 2. The van der Waals surface area contributed by atoms with Crippen LogP contribution < -0.4 is 10.6 Å². The first-order chi connectivity index (χ1) is 6.99. The van der Waals surface area contributed by atoms with Gasteiger partial charge in [-0.1, -0.05) is 0 Å². The molecule has 1 atom stereocenters. The molecular formula is C9H12N2O4. The van der Waals surface area contributed by atoms with Gasteiger partial charge in [-0.15, -0.1) is 0 Å². The second-order valence-electron chi connectivity index (χ2n) is 3.45. The summed E-state index contributed by atoms with van der Waals surface area (Å²) >= 11 is 0. The van der Waals surface area contributed by atoms with Crippen molar-refractivity contribution >= 4 is 23.5 Å². The van der Waals surface area contributed by atoms with Crippen molar-refractivity contribution in [3.8, 4) is 0 Å². The van der Waals surface area contributed by atoms with Gasteiger partial charge in [-0.25, -0.2) is 0 Å². The summed E-state index contributed by atoms with van der Waals surface area (Å²) in [6, 6.07) is -0.699. The molecule has 1 aliphatic heterocycles. The van der Waals surface area contributed by atoms with Crippen LogP contribution in [0.25, 0.3) is 0 Å². The third-order valence-electron chi connectivity index (χ3n) is 1.98. The standard InChI is InChI=1S/C9H12N2O4/c1-5(12)4-8(14)10-6-2-3-7(13)11-9(6)15/h6H,2-4H2,1H3,(H,10,14)(H,11,13,15). The number of Topliss-reactive ketones (excluding diaryl/α,β-unsaturated/α-hetero) is 1. The summed E-state index contributed by atoms with van der Waals surface area (Å²) in [6.45, 7) is 1.30. The Hall–Kier alpha value is -1.72. The highest BCUT2D eigenvalue weighted by molar-refractivity contribution is 6.03. The van der Waals surface area contributed by atoms with Gasteiger partial charge in [0.15, 0.2) is 0 Å². The molecule has 0 aromatic heterocycles. The van der Waals surface area contributed by atoms with Crippen molar-refractivity contribution in [2.45, 2.75) is 32.2 Å². The van der Waals surface area contributed by atoms with E-state index in [-0.39, 0.29) is 31.0 Å². The molecule has 1 fully saturated rings. The molecule has 0 bridgehead atoms. The van der Waals surface area contributed by atoms with Crippen LogP contribution in [0.5, 0.6) is 0 Å². The molecule has 6 nitrogen and oxygen atoms in total. The summed E-state index contributed by atoms with van der Waals surface area (Å²) < 4.78 is 0. The molecule has 15 heavy (non-hydrogen) atoms. The molecule has 2 N–H and O–H groups in total. The minimum atomic E-state index is -0.699. The predicted octanol–water partition coefficient (Wildman–Crippen LogP) is -1.11. The summed E-state index contributed by atoms with van der Waals surface area (Å²) in [7, 11) is 0. The molecule has 3 amide bonds. The molecule has 0 aromatic carbocycles. The van der Waals surface area contributed by atoms with E-state index in [9.17, 15) is 19.2 Å². The number of ketones is 1. The Morgan fingerprint density at radius 2 is 2.13 bits per heavy atom. The van der Waals surface area contributed by atoms with Crippen LogP contribution >= 0.6 is 0 Å². The highest BCUT2D eigenvalue weighted by Crippen LogP contribution is 2.04. The van der Waals surface area contributed by atoms with Crippen LogP contribution in [0.2, 0.25) is 0 Å². The third-order valence-corrected chi connectivity index (χ3v) is 1.98. The topological polar surface area (TPSA) is 92.3 Å². The largest absolute Gasteiger partial charge is 0.344 e. The summed E-state index contributed by atoms with van der Waals surface area (Å²) in [4.78, 5) is 43.7. The average Bonchev–Trinajstić information content (AvgIpc) is 2.08. The molecule has 82 valence electrons. The van der Waals surface area contributed by atoms with Gasteiger partial charge >= 0.3 is 0 Å². The zero-order chi connectivity index (χ0) is 11.4. The van der Waals surface area contributed by atoms with E-state index in [1.165, 1.54) is 6.92 Å². The summed E-state index contributed by atoms with van der Waals surface area (Å²) in [5.74, 6) is -1.60. The van der Waals surface area contributed by atoms with Crippen LogP contribution in [0.1, 0.15) is 26.2 Å². The van der Waals surface area contributed by atoms with E-state index in [0.29, 0.717) is 0 Å². The Kier molecular flexibility index (Phi) is 3.54. The third kappa shape index (κ3) is 3.49. The van der Waals surface area contributed by atoms with Crippen LogP contribution in [-0.2, 0) is 19.2 Å². The second-order valence-corrected chi connectivity index (χ2v) is 3.45. The summed E-state index contributed by atoms with van der Waals surface area (Å²) in [5.41, 5.74) is 0. The maximum atomic E-state index is 11.2. The molecular weight excluding hydrogens is 200 g/mol. The lowest BCUT2D eigenvalue weighted by atomic mass is 10.1. The molecule has 1 heterocycles. The molecule has 0 aromatic rings. The van der Waals surface area contributed by atoms with Crippen LogP contribution in [0, 0.1) is 0 Å². The van der Waals surface area contributed by atoms with Crippen molar-refractivity contribution in [3.05, 3.63) is 0 Å². The fourth-order valence-electron chi connectivity index (χ4n) is 1.30. The second kappa shape index (κ2) is 4.68. The normalized spacial score (nSPS) is 20.7. The zero-order valence-corrected chi connectivity index (χ0v) is 8.33. The van der Waals surface area contributed by atoms with Gasteiger partial charge in [-0.3, -0.25) is 24.5 Å². The van der Waals surface area contributed by atoms with Crippen LogP contribution in [-0.4, -0.2) is 29.5 Å². The number of carbonyl (C=O) groups is 4. The minimum Gasteiger partial charge on any atom is -0.344 e. The molecule has 1 unspecified atom stereocenters. The molecule has 0 spiro atoms. The highest BCUT2D eigenvalue weighted by atomic mass is 16.2. The quantitative estimate of drug-likeness (QED) is 0.458. The number of amides is 3. The fourth-order valence-corrected chi connectivity index (χ4v) is 1.30. The lowest BCUT2D eigenvalue weighted by Crippen LogP contribution is -2.52. The summed E-state index contributed by atoms with van der Waals surface area (Å²) in [6.07, 6.45) is 0.253. The van der Waals surface area contributed by atoms with E-state index in [2.05, 4.69) is 10.6 Å². The fraction of sp³-hybridized carbons (Fsp3) is 0.556. The number of hydrogen-bond acceptors (Lipinski definition) is 4. The van der Waals surface area contributed by atoms with Gasteiger partial charge in [-0.2, -0.15) is 0 Å². The van der Waals surface area contributed by atoms with Gasteiger partial charge in [0.05, 0.1) is 6.42 Å². The van der Waals surface area contributed by atoms with Gasteiger partial charge in [0.1, 0.15) is 11.8 Å². The number of carbonyl (C=O) groups excluding carboxylic acids is 4. The Morgan fingerprint density at radius 3 is 2.67 bits per heavy atom. The Labute approximate surface area is 86.4 Å². The van der Waals surface area contributed by atoms with Crippen LogP contribution in [0.15, 0.2) is 0 Å². The van der Waals surface area contributed by atoms with Crippen molar-refractivity contribution in [1.82, 2.24) is 10.6 Å². The van der Waals surface area contributed by atoms with Crippen molar-refractivity contribution in [1.29, 1.82) is 0 Å². The summed E-state index contributed by atoms with van der Waals surface area (Å²) in [5, 5.41) is 4.51. The van der Waals surface area contributed by atoms with Gasteiger partial charge in [0.25, 0.3) is 0 Å². The van der Waals surface area contributed by atoms with Crippen LogP contribution in [0.4, 0.5) is 0 Å². The molecule has 1 saturated heterocycles. The van der Waals surface area contributed by atoms with E-state index in [1.54, 1.807) is 0 Å². The molecule has 1 aliphatic rings. The van der Waals surface area contributed by atoms with E-state index in [4.69, 9.17) is 0 Å². The van der Waals surface area contributed by atoms with Gasteiger partial charge in [0.2, 0.25) is 17.7 Å². The lowest BCUT2D eigenvalue weighted by Gasteiger charge is -2.21. The van der Waals surface area contributed by atoms with Gasteiger partial charge in [0, 0.05) is 6.42 Å². The zero-order valence-electron chi connectivity index (χ0n) is 8.33. The van der Waals surface area contributed by atoms with E-state index >= 15 is 0 Å². The lowest BCUT2D eigenvalue weighted by molar-refractivity contribution is -0.138. The van der Waals surface area contributed by atoms with Crippen molar-refractivity contribution in [2.75, 3.05) is 0 Å². The SMILES string of the molecule is CC(=O)CC(=O)NC1CCC(=O)NC1=O. The smallest absolute Gasteiger partial charge is 0.249 e. The Balaban J connectivity index is 2.45. The Morgan fingerprint density at radius 1 is 1.47 bits per heavy atom. The molecule has 0 aliphatic carbocycles. The number of piperidine rings is 1. The van der Waals surface area contributed by atoms with Gasteiger partial charge < -0.3 is 5.32 Å². The first-order valence-electron chi connectivity index (χ1n) is 4.61. The van der Waals surface area contributed by atoms with Crippen molar-refractivity contribution < 1.29 is 19.2 Å². The average molecular weight is 212 g/mol. The minimum absolute atomic E-state index is 0.205. The monoisotopic (exact) mass is 212 g/mol. The molecule has 0 radical (unpaired) electrons. The van der Waals surface area contributed by atoms with E-state index in [0.717, 1.165) is 0 Å². The molecule has 6 heteroatoms. The first-order valence-corrected chi connectivity index (χ1v) is 4.61. The molecule has 0 saturated carbocycles. The van der Waals surface area contributed by atoms with Gasteiger partial charge in [-0.05, 0) is 13.3 Å². The first kappa shape index (κ1) is 11.4.